The van der Waals surface area contributed by atoms with Crippen LogP contribution in [0.5, 0.6) is 5.75 Å². The highest BCUT2D eigenvalue weighted by Crippen LogP contribution is 2.33. The number of rotatable bonds is 4. The van der Waals surface area contributed by atoms with Gasteiger partial charge in [-0.15, -0.1) is 12.4 Å². The van der Waals surface area contributed by atoms with Gasteiger partial charge in [0.05, 0.1) is 10.0 Å². The molecule has 1 heterocycles. The summed E-state index contributed by atoms with van der Waals surface area (Å²) in [6.07, 6.45) is 2.09. The van der Waals surface area contributed by atoms with Gasteiger partial charge in [-0.3, -0.25) is 4.90 Å². The van der Waals surface area contributed by atoms with Crippen LogP contribution in [-0.2, 0) is 19.5 Å². The zero-order valence-corrected chi connectivity index (χ0v) is 16.2. The van der Waals surface area contributed by atoms with E-state index >= 15 is 0 Å². The van der Waals surface area contributed by atoms with Crippen LogP contribution in [0.15, 0.2) is 30.3 Å². The molecule has 0 fully saturated rings. The van der Waals surface area contributed by atoms with Crippen LogP contribution in [0, 0.1) is 6.92 Å². The predicted octanol–water partition coefficient (Wildman–Crippen LogP) is 5.77. The van der Waals surface area contributed by atoms with Crippen molar-refractivity contribution >= 4 is 35.6 Å². The maximum atomic E-state index is 9.61. The summed E-state index contributed by atoms with van der Waals surface area (Å²) in [4.78, 5) is 2.46. The lowest BCUT2D eigenvalue weighted by Crippen LogP contribution is -2.28. The molecule has 2 aromatic carbocycles. The summed E-state index contributed by atoms with van der Waals surface area (Å²) in [7, 11) is 0. The van der Waals surface area contributed by atoms with Crippen molar-refractivity contribution in [1.29, 1.82) is 0 Å². The minimum Gasteiger partial charge on any atom is -0.508 e. The van der Waals surface area contributed by atoms with Gasteiger partial charge in [-0.05, 0) is 67.1 Å². The molecule has 0 saturated heterocycles. The average molecular weight is 387 g/mol. The fraction of sp³-hybridized carbons (Fsp3) is 0.368. The number of halogens is 3. The Labute approximate surface area is 159 Å². The highest BCUT2D eigenvalue weighted by atomic mass is 35.5. The van der Waals surface area contributed by atoms with Crippen LogP contribution in [0.25, 0.3) is 0 Å². The van der Waals surface area contributed by atoms with Gasteiger partial charge in [0.1, 0.15) is 5.75 Å². The molecule has 3 rings (SSSR count). The highest BCUT2D eigenvalue weighted by molar-refractivity contribution is 6.42. The van der Waals surface area contributed by atoms with Crippen molar-refractivity contribution in [2.24, 2.45) is 0 Å². The summed E-state index contributed by atoms with van der Waals surface area (Å²) in [5.74, 6) is 0.366. The number of benzene rings is 2. The van der Waals surface area contributed by atoms with E-state index in [0.717, 1.165) is 31.5 Å². The number of nitrogens with zero attached hydrogens (tertiary/aromatic N) is 1. The Bertz CT molecular complexity index is 702. The monoisotopic (exact) mass is 385 g/mol. The predicted molar refractivity (Wildman–Crippen MR) is 104 cm³/mol. The van der Waals surface area contributed by atoms with Crippen molar-refractivity contribution in [2.45, 2.75) is 45.8 Å². The van der Waals surface area contributed by atoms with Crippen LogP contribution < -0.4 is 0 Å². The summed E-state index contributed by atoms with van der Waals surface area (Å²) in [5, 5.41) is 10.9. The van der Waals surface area contributed by atoms with Gasteiger partial charge < -0.3 is 5.11 Å². The van der Waals surface area contributed by atoms with E-state index in [0.29, 0.717) is 21.8 Å². The molecular weight excluding hydrogens is 365 g/mol. The second kappa shape index (κ2) is 7.97. The molecular formula is C19H22Cl3NO. The Balaban J connectivity index is 0.00000208. The summed E-state index contributed by atoms with van der Waals surface area (Å²) in [5.41, 5.74) is 4.78. The van der Waals surface area contributed by atoms with Crippen LogP contribution in [0.4, 0.5) is 0 Å². The first-order chi connectivity index (χ1) is 10.9. The quantitative estimate of drug-likeness (QED) is 0.721. The molecule has 0 unspecified atom stereocenters. The molecule has 1 N–H and O–H groups in total. The second-order valence-electron chi connectivity index (χ2n) is 6.45. The lowest BCUT2D eigenvalue weighted by molar-refractivity contribution is 0.203. The normalized spacial score (nSPS) is 15.0. The Morgan fingerprint density at radius 1 is 1.08 bits per heavy atom. The van der Waals surface area contributed by atoms with E-state index in [1.54, 1.807) is 6.07 Å². The SMILES string of the molecule is Cc1cc(CC[C@@H](C)N2Cc3cc(Cl)c(Cl)cc3C2)ccc1O.Cl. The van der Waals surface area contributed by atoms with Gasteiger partial charge in [-0.25, -0.2) is 0 Å². The molecule has 1 aliphatic heterocycles. The number of aryl methyl sites for hydroxylation is 2. The van der Waals surface area contributed by atoms with E-state index in [4.69, 9.17) is 23.2 Å². The van der Waals surface area contributed by atoms with Crippen LogP contribution in [0.3, 0.4) is 0 Å². The fourth-order valence-electron chi connectivity index (χ4n) is 3.16. The first-order valence-electron chi connectivity index (χ1n) is 7.93. The third-order valence-electron chi connectivity index (χ3n) is 4.72. The van der Waals surface area contributed by atoms with E-state index in [2.05, 4.69) is 17.9 Å². The summed E-state index contributed by atoms with van der Waals surface area (Å²) in [6.45, 7) is 6.07. The van der Waals surface area contributed by atoms with Gasteiger partial charge in [0, 0.05) is 19.1 Å². The second-order valence-corrected chi connectivity index (χ2v) is 7.26. The van der Waals surface area contributed by atoms with Crippen LogP contribution in [0.1, 0.15) is 35.6 Å². The van der Waals surface area contributed by atoms with Gasteiger partial charge in [0.15, 0.2) is 0 Å². The number of hydrogen-bond donors (Lipinski definition) is 1. The molecule has 130 valence electrons. The van der Waals surface area contributed by atoms with E-state index in [9.17, 15) is 5.11 Å². The molecule has 0 radical (unpaired) electrons. The molecule has 0 saturated carbocycles. The van der Waals surface area contributed by atoms with Crippen molar-refractivity contribution in [3.63, 3.8) is 0 Å². The average Bonchev–Trinajstić information content (AvgIpc) is 2.91. The largest absolute Gasteiger partial charge is 0.508 e. The molecule has 0 bridgehead atoms. The number of phenolic OH excluding ortho intramolecular Hbond substituents is 1. The first-order valence-corrected chi connectivity index (χ1v) is 8.69. The molecule has 0 aromatic heterocycles. The summed E-state index contributed by atoms with van der Waals surface area (Å²) in [6, 6.07) is 10.3. The zero-order valence-electron chi connectivity index (χ0n) is 13.9. The van der Waals surface area contributed by atoms with E-state index < -0.39 is 0 Å². The van der Waals surface area contributed by atoms with E-state index in [-0.39, 0.29) is 12.4 Å². The lowest BCUT2D eigenvalue weighted by atomic mass is 10.0. The Morgan fingerprint density at radius 2 is 1.67 bits per heavy atom. The standard InChI is InChI=1S/C19H21Cl2NO.ClH/c1-12-7-14(5-6-19(12)23)4-3-13(2)22-10-15-8-17(20)18(21)9-16(15)11-22;/h5-9,13,23H,3-4,10-11H2,1-2H3;1H/t13-;/m1./s1. The Hall–Kier alpha value is -0.930. The van der Waals surface area contributed by atoms with Crippen molar-refractivity contribution in [1.82, 2.24) is 4.90 Å². The van der Waals surface area contributed by atoms with Crippen molar-refractivity contribution in [3.05, 3.63) is 62.6 Å². The van der Waals surface area contributed by atoms with Crippen LogP contribution in [-0.4, -0.2) is 16.0 Å². The van der Waals surface area contributed by atoms with Gasteiger partial charge >= 0.3 is 0 Å². The maximum absolute atomic E-state index is 9.61. The van der Waals surface area contributed by atoms with E-state index in [1.165, 1.54) is 16.7 Å². The molecule has 5 heteroatoms. The summed E-state index contributed by atoms with van der Waals surface area (Å²) < 4.78 is 0. The van der Waals surface area contributed by atoms with Gasteiger partial charge in [0.2, 0.25) is 0 Å². The van der Waals surface area contributed by atoms with Gasteiger partial charge in [-0.1, -0.05) is 35.3 Å². The third-order valence-corrected chi connectivity index (χ3v) is 5.45. The highest BCUT2D eigenvalue weighted by Gasteiger charge is 2.24. The maximum Gasteiger partial charge on any atom is 0.118 e. The fourth-order valence-corrected chi connectivity index (χ4v) is 3.53. The van der Waals surface area contributed by atoms with Crippen molar-refractivity contribution in [2.75, 3.05) is 0 Å². The van der Waals surface area contributed by atoms with Crippen LogP contribution in [0.2, 0.25) is 10.0 Å². The molecule has 0 aliphatic carbocycles. The number of fused-ring (bicyclic) bond motifs is 1. The molecule has 2 aromatic rings. The Morgan fingerprint density at radius 3 is 2.21 bits per heavy atom. The topological polar surface area (TPSA) is 23.5 Å². The molecule has 1 aliphatic rings. The third kappa shape index (κ3) is 4.18. The smallest absolute Gasteiger partial charge is 0.118 e. The molecule has 24 heavy (non-hydrogen) atoms. The molecule has 1 atom stereocenters. The molecule has 0 spiro atoms. The first kappa shape index (κ1) is 19.4. The Kier molecular flexibility index (Phi) is 6.44. The number of aromatic hydroxyl groups is 1. The van der Waals surface area contributed by atoms with Crippen molar-refractivity contribution in [3.8, 4) is 5.75 Å². The lowest BCUT2D eigenvalue weighted by Gasteiger charge is -2.23. The minimum absolute atomic E-state index is 0. The number of phenols is 1. The summed E-state index contributed by atoms with van der Waals surface area (Å²) >= 11 is 12.2. The van der Waals surface area contributed by atoms with Gasteiger partial charge in [-0.2, -0.15) is 0 Å². The van der Waals surface area contributed by atoms with E-state index in [1.807, 2.05) is 25.1 Å². The van der Waals surface area contributed by atoms with Crippen LogP contribution >= 0.6 is 35.6 Å². The molecule has 0 amide bonds. The minimum atomic E-state index is 0. The van der Waals surface area contributed by atoms with Crippen molar-refractivity contribution < 1.29 is 5.11 Å². The number of hydrogen-bond acceptors (Lipinski definition) is 2. The van der Waals surface area contributed by atoms with Gasteiger partial charge in [0.25, 0.3) is 0 Å². The zero-order chi connectivity index (χ0) is 16.6. The molecule has 2 nitrogen and oxygen atoms in total.